The number of para-hydroxylation sites is 1. The molecule has 1 aliphatic rings. The first-order valence-electron chi connectivity index (χ1n) is 7.49. The number of thiophene rings is 1. The fourth-order valence-corrected chi connectivity index (χ4v) is 4.08. The van der Waals surface area contributed by atoms with Gasteiger partial charge < -0.3 is 10.1 Å². The average Bonchev–Trinajstić information content (AvgIpc) is 2.95. The fourth-order valence-electron chi connectivity index (χ4n) is 2.87. The third kappa shape index (κ3) is 5.24. The summed E-state index contributed by atoms with van der Waals surface area (Å²) in [7, 11) is 0. The molecule has 0 radical (unpaired) electrons. The maximum Gasteiger partial charge on any atom is 0.573 e. The maximum atomic E-state index is 12.8. The molecule has 0 unspecified atom stereocenters. The van der Waals surface area contributed by atoms with Crippen LogP contribution < -0.4 is 10.1 Å². The predicted octanol–water partition coefficient (Wildman–Crippen LogP) is 4.72. The van der Waals surface area contributed by atoms with Crippen molar-refractivity contribution in [3.05, 3.63) is 51.2 Å². The number of nitrogens with one attached hydrogen (secondary N) is 1. The predicted molar refractivity (Wildman–Crippen MR) is 96.0 cm³/mol. The summed E-state index contributed by atoms with van der Waals surface area (Å²) in [5.41, 5.74) is 0.496. The molecule has 1 fully saturated rings. The minimum Gasteiger partial charge on any atom is -0.405 e. The molecule has 1 aromatic carbocycles. The third-order valence-electron chi connectivity index (χ3n) is 3.82. The summed E-state index contributed by atoms with van der Waals surface area (Å²) in [4.78, 5) is 3.05. The number of ether oxygens (including phenoxy) is 1. The van der Waals surface area contributed by atoms with Crippen molar-refractivity contribution in [2.45, 2.75) is 12.4 Å². The van der Waals surface area contributed by atoms with Gasteiger partial charge in [0.2, 0.25) is 0 Å². The van der Waals surface area contributed by atoms with E-state index in [1.165, 1.54) is 17.4 Å². The highest BCUT2D eigenvalue weighted by atomic mass is 35.5. The van der Waals surface area contributed by atoms with Gasteiger partial charge in [0, 0.05) is 36.6 Å². The Morgan fingerprint density at radius 2 is 1.80 bits per heavy atom. The second-order valence-corrected chi connectivity index (χ2v) is 7.16. The van der Waals surface area contributed by atoms with Crippen LogP contribution in [0.5, 0.6) is 5.75 Å². The van der Waals surface area contributed by atoms with E-state index in [0.717, 1.165) is 31.1 Å². The molecule has 0 aliphatic carbocycles. The van der Waals surface area contributed by atoms with Crippen LogP contribution in [-0.4, -0.2) is 37.4 Å². The Morgan fingerprint density at radius 1 is 1.12 bits per heavy atom. The summed E-state index contributed by atoms with van der Waals surface area (Å²) in [6, 6.07) is 9.62. The van der Waals surface area contributed by atoms with Crippen molar-refractivity contribution in [2.75, 3.05) is 26.2 Å². The van der Waals surface area contributed by atoms with E-state index in [4.69, 9.17) is 11.6 Å². The molecule has 1 atom stereocenters. The topological polar surface area (TPSA) is 24.5 Å². The van der Waals surface area contributed by atoms with Crippen molar-refractivity contribution >= 4 is 35.3 Å². The summed E-state index contributed by atoms with van der Waals surface area (Å²) in [6.45, 7) is 3.05. The fraction of sp³-hybridized carbons (Fsp3) is 0.375. The van der Waals surface area contributed by atoms with Gasteiger partial charge in [0.25, 0.3) is 0 Å². The van der Waals surface area contributed by atoms with E-state index in [0.29, 0.717) is 9.90 Å². The SMILES string of the molecule is Cl.FC(F)(F)Oc1ccccc1[C@@H](c1ccc(Cl)s1)N1CCNCC1. The summed E-state index contributed by atoms with van der Waals surface area (Å²) >= 11 is 7.43. The zero-order valence-corrected chi connectivity index (χ0v) is 15.4. The van der Waals surface area contributed by atoms with Crippen molar-refractivity contribution in [3.63, 3.8) is 0 Å². The molecule has 0 bridgehead atoms. The Hall–Kier alpha value is -0.990. The molecule has 1 saturated heterocycles. The molecule has 0 amide bonds. The van der Waals surface area contributed by atoms with E-state index < -0.39 is 6.36 Å². The van der Waals surface area contributed by atoms with E-state index in [1.54, 1.807) is 24.3 Å². The molecule has 0 spiro atoms. The number of piperazine rings is 1. The Bertz CT molecular complexity index is 690. The lowest BCUT2D eigenvalue weighted by molar-refractivity contribution is -0.275. The Morgan fingerprint density at radius 3 is 2.40 bits per heavy atom. The van der Waals surface area contributed by atoms with Crippen LogP contribution in [0.4, 0.5) is 13.2 Å². The molecular formula is C16H17Cl2F3N2OS. The van der Waals surface area contributed by atoms with Crippen molar-refractivity contribution in [2.24, 2.45) is 0 Å². The highest BCUT2D eigenvalue weighted by Crippen LogP contribution is 2.40. The Kier molecular flexibility index (Phi) is 6.99. The number of benzene rings is 1. The van der Waals surface area contributed by atoms with Gasteiger partial charge in [0.15, 0.2) is 0 Å². The number of alkyl halides is 3. The van der Waals surface area contributed by atoms with Crippen molar-refractivity contribution in [1.82, 2.24) is 10.2 Å². The molecule has 0 saturated carbocycles. The first-order chi connectivity index (χ1) is 11.4. The number of hydrogen-bond acceptors (Lipinski definition) is 4. The first-order valence-corrected chi connectivity index (χ1v) is 8.68. The number of nitrogens with zero attached hydrogens (tertiary/aromatic N) is 1. The lowest BCUT2D eigenvalue weighted by Crippen LogP contribution is -2.45. The van der Waals surface area contributed by atoms with Crippen LogP contribution >= 0.6 is 35.3 Å². The van der Waals surface area contributed by atoms with Gasteiger partial charge in [0.1, 0.15) is 5.75 Å². The summed E-state index contributed by atoms with van der Waals surface area (Å²) in [5.74, 6) is -0.168. The zero-order valence-electron chi connectivity index (χ0n) is 13.1. The monoisotopic (exact) mass is 412 g/mol. The molecule has 1 aromatic heterocycles. The lowest BCUT2D eigenvalue weighted by Gasteiger charge is -2.35. The van der Waals surface area contributed by atoms with Crippen LogP contribution in [0.1, 0.15) is 16.5 Å². The number of rotatable bonds is 4. The van der Waals surface area contributed by atoms with Crippen LogP contribution in [0.2, 0.25) is 4.34 Å². The van der Waals surface area contributed by atoms with Gasteiger partial charge in [-0.25, -0.2) is 0 Å². The normalized spacial score (nSPS) is 17.0. The molecule has 3 nitrogen and oxygen atoms in total. The minimum atomic E-state index is -4.72. The largest absolute Gasteiger partial charge is 0.573 e. The van der Waals surface area contributed by atoms with Crippen molar-refractivity contribution < 1.29 is 17.9 Å². The van der Waals surface area contributed by atoms with Gasteiger partial charge in [-0.05, 0) is 18.2 Å². The van der Waals surface area contributed by atoms with Gasteiger partial charge in [0.05, 0.1) is 10.4 Å². The average molecular weight is 413 g/mol. The smallest absolute Gasteiger partial charge is 0.405 e. The van der Waals surface area contributed by atoms with Gasteiger partial charge >= 0.3 is 6.36 Å². The van der Waals surface area contributed by atoms with Gasteiger partial charge in [-0.3, -0.25) is 4.90 Å². The van der Waals surface area contributed by atoms with E-state index in [-0.39, 0.29) is 24.2 Å². The highest BCUT2D eigenvalue weighted by Gasteiger charge is 2.34. The lowest BCUT2D eigenvalue weighted by atomic mass is 10.0. The van der Waals surface area contributed by atoms with Crippen LogP contribution in [0, 0.1) is 0 Å². The van der Waals surface area contributed by atoms with Crippen LogP contribution in [0.25, 0.3) is 0 Å². The Balaban J connectivity index is 0.00000225. The summed E-state index contributed by atoms with van der Waals surface area (Å²) < 4.78 is 43.2. The van der Waals surface area contributed by atoms with Crippen LogP contribution in [-0.2, 0) is 0 Å². The number of hydrogen-bond donors (Lipinski definition) is 1. The van der Waals surface area contributed by atoms with Crippen LogP contribution in [0.15, 0.2) is 36.4 Å². The minimum absolute atomic E-state index is 0. The summed E-state index contributed by atoms with van der Waals surface area (Å²) in [5, 5.41) is 3.26. The van der Waals surface area contributed by atoms with Crippen molar-refractivity contribution in [3.8, 4) is 5.75 Å². The second-order valence-electron chi connectivity index (χ2n) is 5.42. The second kappa shape index (κ2) is 8.60. The van der Waals surface area contributed by atoms with Gasteiger partial charge in [-0.1, -0.05) is 29.8 Å². The molecule has 2 heterocycles. The van der Waals surface area contributed by atoms with E-state index in [1.807, 2.05) is 6.07 Å². The molecule has 3 rings (SSSR count). The van der Waals surface area contributed by atoms with E-state index in [2.05, 4.69) is 15.0 Å². The molecule has 138 valence electrons. The molecule has 1 aliphatic heterocycles. The zero-order chi connectivity index (χ0) is 17.2. The quantitative estimate of drug-likeness (QED) is 0.786. The molecule has 1 N–H and O–H groups in total. The van der Waals surface area contributed by atoms with E-state index in [9.17, 15) is 13.2 Å². The van der Waals surface area contributed by atoms with Gasteiger partial charge in [-0.15, -0.1) is 36.9 Å². The first kappa shape index (κ1) is 20.3. The standard InChI is InChI=1S/C16H16ClF3N2OS.ClH/c17-14-6-5-13(24-14)15(22-9-7-21-8-10-22)11-3-1-2-4-12(11)23-16(18,19)20;/h1-6,15,21H,7-10H2;1H/t15-;/m0./s1. The maximum absolute atomic E-state index is 12.8. The van der Waals surface area contributed by atoms with Crippen molar-refractivity contribution in [1.29, 1.82) is 0 Å². The van der Waals surface area contributed by atoms with Gasteiger partial charge in [-0.2, -0.15) is 0 Å². The molecule has 2 aromatic rings. The molecular weight excluding hydrogens is 396 g/mol. The highest BCUT2D eigenvalue weighted by molar-refractivity contribution is 7.16. The number of halogens is 5. The molecule has 25 heavy (non-hydrogen) atoms. The summed E-state index contributed by atoms with van der Waals surface area (Å²) in [6.07, 6.45) is -4.72. The van der Waals surface area contributed by atoms with Crippen LogP contribution in [0.3, 0.4) is 0 Å². The molecule has 9 heteroatoms. The van der Waals surface area contributed by atoms with E-state index >= 15 is 0 Å². The Labute approximate surface area is 159 Å². The third-order valence-corrected chi connectivity index (χ3v) is 5.10.